The first-order valence-electron chi connectivity index (χ1n) is 10.6. The number of benzene rings is 1. The van der Waals surface area contributed by atoms with Gasteiger partial charge in [-0.05, 0) is 87.0 Å². The fourth-order valence-corrected chi connectivity index (χ4v) is 7.07. The van der Waals surface area contributed by atoms with Crippen LogP contribution < -0.4 is 0 Å². The lowest BCUT2D eigenvalue weighted by Gasteiger charge is -2.56. The van der Waals surface area contributed by atoms with Gasteiger partial charge in [0, 0.05) is 22.7 Å². The molecule has 28 heavy (non-hydrogen) atoms. The second-order valence-electron chi connectivity index (χ2n) is 9.62. The summed E-state index contributed by atoms with van der Waals surface area (Å²) in [6.07, 6.45) is 8.27. The molecular weight excluding hydrogens is 372 g/mol. The molecule has 7 rings (SSSR count). The van der Waals surface area contributed by atoms with Crippen molar-refractivity contribution < 1.29 is 9.32 Å². The van der Waals surface area contributed by atoms with E-state index in [0.717, 1.165) is 72.6 Å². The highest BCUT2D eigenvalue weighted by molar-refractivity contribution is 6.30. The fraction of sp³-hybridized carbons (Fsp3) is 0.565. The van der Waals surface area contributed by atoms with Gasteiger partial charge >= 0.3 is 0 Å². The zero-order valence-electron chi connectivity index (χ0n) is 16.0. The van der Waals surface area contributed by atoms with Crippen molar-refractivity contribution in [1.82, 2.24) is 10.1 Å². The summed E-state index contributed by atoms with van der Waals surface area (Å²) < 4.78 is 5.69. The van der Waals surface area contributed by atoms with Crippen molar-refractivity contribution in [3.8, 4) is 11.3 Å². The van der Waals surface area contributed by atoms with Crippen LogP contribution >= 0.6 is 11.6 Å². The molecule has 4 fully saturated rings. The van der Waals surface area contributed by atoms with Crippen LogP contribution in [0.3, 0.4) is 0 Å². The van der Waals surface area contributed by atoms with Gasteiger partial charge in [-0.25, -0.2) is 0 Å². The van der Waals surface area contributed by atoms with E-state index in [9.17, 15) is 4.79 Å². The minimum atomic E-state index is -0.0744. The molecule has 2 aromatic rings. The largest absolute Gasteiger partial charge is 0.356 e. The molecule has 5 heteroatoms. The third-order valence-electron chi connectivity index (χ3n) is 7.73. The van der Waals surface area contributed by atoms with E-state index in [2.05, 4.69) is 10.1 Å². The molecule has 0 unspecified atom stereocenters. The molecule has 0 saturated heterocycles. The van der Waals surface area contributed by atoms with Gasteiger partial charge in [-0.2, -0.15) is 0 Å². The van der Waals surface area contributed by atoms with Gasteiger partial charge in [0.1, 0.15) is 5.69 Å². The number of aromatic nitrogens is 1. The molecule has 4 nitrogen and oxygen atoms in total. The van der Waals surface area contributed by atoms with Gasteiger partial charge in [0.2, 0.25) is 5.91 Å². The Balaban J connectivity index is 1.25. The van der Waals surface area contributed by atoms with Crippen molar-refractivity contribution in [3.63, 3.8) is 0 Å². The van der Waals surface area contributed by atoms with Gasteiger partial charge < -0.3 is 9.42 Å². The van der Waals surface area contributed by atoms with E-state index in [1.807, 2.05) is 24.3 Å². The average molecular weight is 397 g/mol. The molecule has 4 saturated carbocycles. The SMILES string of the molecule is O=C(N1CCc2c(noc2-c2ccc(Cl)cc2)C1)C12CC3CC(CC(C3)C1)C2. The molecule has 1 amide bonds. The predicted molar refractivity (Wildman–Crippen MR) is 107 cm³/mol. The third-order valence-corrected chi connectivity index (χ3v) is 7.98. The van der Waals surface area contributed by atoms with Crippen LogP contribution in [0.2, 0.25) is 5.02 Å². The number of hydrogen-bond donors (Lipinski definition) is 0. The Bertz CT molecular complexity index is 897. The van der Waals surface area contributed by atoms with E-state index in [1.54, 1.807) is 0 Å². The van der Waals surface area contributed by atoms with E-state index in [4.69, 9.17) is 16.1 Å². The molecule has 0 spiro atoms. The van der Waals surface area contributed by atoms with Crippen molar-refractivity contribution in [2.24, 2.45) is 23.2 Å². The Morgan fingerprint density at radius 1 is 1.07 bits per heavy atom. The summed E-state index contributed by atoms with van der Waals surface area (Å²) in [6, 6.07) is 7.68. The third kappa shape index (κ3) is 2.57. The minimum absolute atomic E-state index is 0.0744. The second-order valence-corrected chi connectivity index (χ2v) is 10.1. The maximum Gasteiger partial charge on any atom is 0.229 e. The average Bonchev–Trinajstić information content (AvgIpc) is 3.10. The first-order chi connectivity index (χ1) is 13.6. The van der Waals surface area contributed by atoms with Crippen LogP contribution in [0.15, 0.2) is 28.8 Å². The van der Waals surface area contributed by atoms with Crippen LogP contribution in [0, 0.1) is 23.2 Å². The second kappa shape index (κ2) is 6.09. The lowest BCUT2D eigenvalue weighted by Crippen LogP contribution is -2.55. The normalized spacial score (nSPS) is 33.2. The van der Waals surface area contributed by atoms with Crippen molar-refractivity contribution in [3.05, 3.63) is 40.5 Å². The van der Waals surface area contributed by atoms with Gasteiger partial charge in [0.05, 0.1) is 12.0 Å². The summed E-state index contributed by atoms with van der Waals surface area (Å²) in [6.45, 7) is 1.36. The maximum absolute atomic E-state index is 13.6. The van der Waals surface area contributed by atoms with Gasteiger partial charge in [0.15, 0.2) is 5.76 Å². The number of halogens is 1. The minimum Gasteiger partial charge on any atom is -0.356 e. The van der Waals surface area contributed by atoms with E-state index in [-0.39, 0.29) is 5.41 Å². The number of amides is 1. The van der Waals surface area contributed by atoms with Gasteiger partial charge in [-0.15, -0.1) is 0 Å². The molecule has 4 bridgehead atoms. The quantitative estimate of drug-likeness (QED) is 0.709. The highest BCUT2D eigenvalue weighted by Gasteiger charge is 2.55. The Hall–Kier alpha value is -1.81. The number of hydrogen-bond acceptors (Lipinski definition) is 3. The Labute approximate surface area is 170 Å². The summed E-state index contributed by atoms with van der Waals surface area (Å²) in [5.74, 6) is 3.60. The van der Waals surface area contributed by atoms with Crippen LogP contribution in [0.4, 0.5) is 0 Å². The summed E-state index contributed by atoms with van der Waals surface area (Å²) in [7, 11) is 0. The van der Waals surface area contributed by atoms with Crippen molar-refractivity contribution >= 4 is 17.5 Å². The topological polar surface area (TPSA) is 46.3 Å². The Kier molecular flexibility index (Phi) is 3.72. The zero-order valence-corrected chi connectivity index (χ0v) is 16.8. The summed E-state index contributed by atoms with van der Waals surface area (Å²) >= 11 is 6.01. The molecule has 1 aromatic carbocycles. The molecule has 5 aliphatic rings. The van der Waals surface area contributed by atoms with E-state index in [1.165, 1.54) is 19.3 Å². The predicted octanol–water partition coefficient (Wildman–Crippen LogP) is 5.10. The van der Waals surface area contributed by atoms with E-state index in [0.29, 0.717) is 17.5 Å². The molecular formula is C23H25ClN2O2. The standard InChI is InChI=1S/C23H25ClN2O2/c24-18-3-1-17(2-4-18)21-19-5-6-26(13-20(19)25-28-21)22(27)23-10-14-7-15(11-23)9-16(8-14)12-23/h1-4,14-16H,5-13H2. The number of rotatable bonds is 2. The van der Waals surface area contributed by atoms with Gasteiger partial charge in [-0.1, -0.05) is 16.8 Å². The molecule has 0 radical (unpaired) electrons. The van der Waals surface area contributed by atoms with E-state index < -0.39 is 0 Å². The van der Waals surface area contributed by atoms with Crippen LogP contribution in [-0.2, 0) is 17.8 Å². The van der Waals surface area contributed by atoms with Crippen molar-refractivity contribution in [1.29, 1.82) is 0 Å². The number of carbonyl (C=O) groups is 1. The summed E-state index contributed by atoms with van der Waals surface area (Å²) in [5, 5.41) is 5.05. The highest BCUT2D eigenvalue weighted by Crippen LogP contribution is 2.60. The molecule has 1 aromatic heterocycles. The van der Waals surface area contributed by atoms with E-state index >= 15 is 0 Å². The Morgan fingerprint density at radius 2 is 1.71 bits per heavy atom. The van der Waals surface area contributed by atoms with Crippen LogP contribution in [0.5, 0.6) is 0 Å². The monoisotopic (exact) mass is 396 g/mol. The molecule has 1 aliphatic heterocycles. The molecule has 146 valence electrons. The van der Waals surface area contributed by atoms with Crippen molar-refractivity contribution in [2.45, 2.75) is 51.5 Å². The van der Waals surface area contributed by atoms with Gasteiger partial charge in [-0.3, -0.25) is 4.79 Å². The highest BCUT2D eigenvalue weighted by atomic mass is 35.5. The summed E-state index contributed by atoms with van der Waals surface area (Å²) in [5.41, 5.74) is 3.00. The molecule has 4 aliphatic carbocycles. The molecule has 2 heterocycles. The fourth-order valence-electron chi connectivity index (χ4n) is 6.94. The zero-order chi connectivity index (χ0) is 18.9. The smallest absolute Gasteiger partial charge is 0.229 e. The summed E-state index contributed by atoms with van der Waals surface area (Å²) in [4.78, 5) is 15.7. The first kappa shape index (κ1) is 17.1. The molecule has 0 atom stereocenters. The molecule has 0 N–H and O–H groups in total. The van der Waals surface area contributed by atoms with Crippen molar-refractivity contribution in [2.75, 3.05) is 6.54 Å². The first-order valence-corrected chi connectivity index (χ1v) is 11.0. The van der Waals surface area contributed by atoms with Crippen LogP contribution in [0.1, 0.15) is 49.8 Å². The van der Waals surface area contributed by atoms with Gasteiger partial charge in [0.25, 0.3) is 0 Å². The Morgan fingerprint density at radius 3 is 2.36 bits per heavy atom. The number of nitrogens with zero attached hydrogens (tertiary/aromatic N) is 2. The number of fused-ring (bicyclic) bond motifs is 1. The van der Waals surface area contributed by atoms with Crippen LogP contribution in [0.25, 0.3) is 11.3 Å². The number of carbonyl (C=O) groups excluding carboxylic acids is 1. The lowest BCUT2D eigenvalue weighted by atomic mass is 9.49. The van der Waals surface area contributed by atoms with Crippen LogP contribution in [-0.4, -0.2) is 22.5 Å². The lowest BCUT2D eigenvalue weighted by molar-refractivity contribution is -0.158. The maximum atomic E-state index is 13.6.